The number of nitrogens with one attached hydrogen (secondary N) is 1. The number of rotatable bonds is 7. The maximum absolute atomic E-state index is 6.22. The molecule has 0 aromatic heterocycles. The summed E-state index contributed by atoms with van der Waals surface area (Å²) in [5.41, 5.74) is 7.15. The number of nitrogens with zero attached hydrogens (tertiary/aromatic N) is 1. The molecule has 0 radical (unpaired) electrons. The van der Waals surface area contributed by atoms with Gasteiger partial charge in [0, 0.05) is 19.6 Å². The van der Waals surface area contributed by atoms with E-state index in [1.54, 1.807) is 0 Å². The number of aryl methyl sites for hydroxylation is 1. The van der Waals surface area contributed by atoms with Crippen molar-refractivity contribution in [2.45, 2.75) is 25.9 Å². The van der Waals surface area contributed by atoms with Crippen molar-refractivity contribution in [2.75, 3.05) is 26.2 Å². The van der Waals surface area contributed by atoms with Crippen LogP contribution in [-0.4, -0.2) is 31.3 Å². The van der Waals surface area contributed by atoms with Crippen LogP contribution >= 0.6 is 0 Å². The van der Waals surface area contributed by atoms with Crippen molar-refractivity contribution in [2.24, 2.45) is 0 Å². The van der Waals surface area contributed by atoms with Gasteiger partial charge in [0.15, 0.2) is 0 Å². The molecule has 0 spiro atoms. The van der Waals surface area contributed by atoms with Crippen molar-refractivity contribution in [3.8, 4) is 0 Å². The zero-order chi connectivity index (χ0) is 15.9. The van der Waals surface area contributed by atoms with E-state index in [0.29, 0.717) is 6.61 Å². The molecule has 3 rings (SSSR count). The monoisotopic (exact) mass is 310 g/mol. The van der Waals surface area contributed by atoms with Gasteiger partial charge in [0.25, 0.3) is 0 Å². The molecule has 122 valence electrons. The molecule has 23 heavy (non-hydrogen) atoms. The summed E-state index contributed by atoms with van der Waals surface area (Å²) in [6, 6.07) is 19.1. The first-order valence-corrected chi connectivity index (χ1v) is 8.54. The molecule has 1 unspecified atom stereocenters. The number of hydrogen-bond donors (Lipinski definition) is 1. The minimum Gasteiger partial charge on any atom is -0.367 e. The smallest absolute Gasteiger partial charge is 0.108 e. The van der Waals surface area contributed by atoms with Gasteiger partial charge >= 0.3 is 0 Å². The molecule has 0 bridgehead atoms. The van der Waals surface area contributed by atoms with Gasteiger partial charge < -0.3 is 4.74 Å². The molecule has 0 saturated carbocycles. The van der Waals surface area contributed by atoms with Gasteiger partial charge in [-0.25, -0.2) is 5.01 Å². The van der Waals surface area contributed by atoms with Gasteiger partial charge in [0.2, 0.25) is 0 Å². The second-order valence-electron chi connectivity index (χ2n) is 6.17. The maximum Gasteiger partial charge on any atom is 0.108 e. The molecule has 0 aliphatic carbocycles. The molecule has 1 aliphatic rings. The molecule has 1 N–H and O–H groups in total. The molecule has 3 heteroatoms. The van der Waals surface area contributed by atoms with Crippen LogP contribution in [0.25, 0.3) is 0 Å². The second kappa shape index (κ2) is 8.25. The summed E-state index contributed by atoms with van der Waals surface area (Å²) in [6.07, 6.45) is 2.59. The Bertz CT molecular complexity index is 576. The van der Waals surface area contributed by atoms with Gasteiger partial charge in [-0.1, -0.05) is 60.2 Å². The molecule has 1 atom stereocenters. The molecule has 1 saturated heterocycles. The van der Waals surface area contributed by atoms with Crippen LogP contribution in [0, 0.1) is 6.92 Å². The van der Waals surface area contributed by atoms with E-state index in [4.69, 9.17) is 4.74 Å². The minimum atomic E-state index is -0.00261. The molecule has 1 fully saturated rings. The van der Waals surface area contributed by atoms with Crippen LogP contribution in [0.4, 0.5) is 0 Å². The lowest BCUT2D eigenvalue weighted by atomic mass is 10.0. The summed E-state index contributed by atoms with van der Waals surface area (Å²) in [6.45, 7) is 5.97. The highest BCUT2D eigenvalue weighted by molar-refractivity contribution is 5.31. The fourth-order valence-corrected chi connectivity index (χ4v) is 3.01. The number of hydrogen-bond acceptors (Lipinski definition) is 3. The molecule has 0 amide bonds. The molecule has 1 heterocycles. The maximum atomic E-state index is 6.22. The first-order chi connectivity index (χ1) is 11.3. The van der Waals surface area contributed by atoms with Gasteiger partial charge in [-0.05, 0) is 30.9 Å². The zero-order valence-corrected chi connectivity index (χ0v) is 13.9. The average molecular weight is 310 g/mol. The molecule has 1 aliphatic heterocycles. The van der Waals surface area contributed by atoms with Gasteiger partial charge in [-0.3, -0.25) is 5.43 Å². The minimum absolute atomic E-state index is 0.00261. The van der Waals surface area contributed by atoms with Crippen molar-refractivity contribution >= 4 is 0 Å². The van der Waals surface area contributed by atoms with Gasteiger partial charge in [0.05, 0.1) is 6.61 Å². The Kier molecular flexibility index (Phi) is 5.81. The predicted octanol–water partition coefficient (Wildman–Crippen LogP) is 3.70. The Morgan fingerprint density at radius 3 is 2.30 bits per heavy atom. The van der Waals surface area contributed by atoms with Crippen LogP contribution in [0.1, 0.15) is 35.6 Å². The van der Waals surface area contributed by atoms with Gasteiger partial charge in [-0.15, -0.1) is 0 Å². The molecule has 2 aromatic carbocycles. The first-order valence-electron chi connectivity index (χ1n) is 8.54. The average Bonchev–Trinajstić information content (AvgIpc) is 3.10. The topological polar surface area (TPSA) is 24.5 Å². The normalized spacial score (nSPS) is 16.6. The highest BCUT2D eigenvalue weighted by atomic mass is 16.5. The lowest BCUT2D eigenvalue weighted by molar-refractivity contribution is 0.0691. The van der Waals surface area contributed by atoms with Crippen molar-refractivity contribution in [3.05, 3.63) is 71.3 Å². The zero-order valence-electron chi connectivity index (χ0n) is 13.9. The predicted molar refractivity (Wildman–Crippen MR) is 94.2 cm³/mol. The van der Waals surface area contributed by atoms with Crippen molar-refractivity contribution in [1.29, 1.82) is 0 Å². The van der Waals surface area contributed by atoms with Crippen molar-refractivity contribution in [3.63, 3.8) is 0 Å². The van der Waals surface area contributed by atoms with Crippen molar-refractivity contribution in [1.82, 2.24) is 10.4 Å². The fraction of sp³-hybridized carbons (Fsp3) is 0.400. The third-order valence-corrected chi connectivity index (χ3v) is 4.31. The van der Waals surface area contributed by atoms with Crippen LogP contribution in [0.5, 0.6) is 0 Å². The first kappa shape index (κ1) is 16.2. The van der Waals surface area contributed by atoms with E-state index >= 15 is 0 Å². The molecular weight excluding hydrogens is 284 g/mol. The third-order valence-electron chi connectivity index (χ3n) is 4.31. The van der Waals surface area contributed by atoms with Crippen LogP contribution in [-0.2, 0) is 4.74 Å². The van der Waals surface area contributed by atoms with Crippen LogP contribution in [0.15, 0.2) is 54.6 Å². The number of ether oxygens (including phenoxy) is 1. The second-order valence-corrected chi connectivity index (χ2v) is 6.17. The van der Waals surface area contributed by atoms with Crippen LogP contribution in [0.2, 0.25) is 0 Å². The van der Waals surface area contributed by atoms with E-state index in [2.05, 4.69) is 65.9 Å². The number of hydrazine groups is 1. The van der Waals surface area contributed by atoms with E-state index in [9.17, 15) is 0 Å². The Labute approximate surface area is 139 Å². The highest BCUT2D eigenvalue weighted by Crippen LogP contribution is 2.26. The van der Waals surface area contributed by atoms with E-state index in [0.717, 1.165) is 19.6 Å². The third kappa shape index (κ3) is 4.64. The summed E-state index contributed by atoms with van der Waals surface area (Å²) in [7, 11) is 0. The van der Waals surface area contributed by atoms with E-state index in [1.807, 2.05) is 6.07 Å². The Hall–Kier alpha value is -1.68. The molecular formula is C20H26N2O. The van der Waals surface area contributed by atoms with Crippen LogP contribution in [0.3, 0.4) is 0 Å². The Morgan fingerprint density at radius 2 is 1.61 bits per heavy atom. The SMILES string of the molecule is Cc1ccc(C(OCCNN2CCCC2)c2ccccc2)cc1. The molecule has 3 nitrogen and oxygen atoms in total. The van der Waals surface area contributed by atoms with Crippen LogP contribution < -0.4 is 5.43 Å². The number of benzene rings is 2. The molecule has 2 aromatic rings. The standard InChI is InChI=1S/C20H26N2O/c1-17-9-11-19(12-10-17)20(18-7-3-2-4-8-18)23-16-13-21-22-14-5-6-15-22/h2-4,7-12,20-21H,5-6,13-16H2,1H3. The summed E-state index contributed by atoms with van der Waals surface area (Å²) < 4.78 is 6.22. The summed E-state index contributed by atoms with van der Waals surface area (Å²) >= 11 is 0. The Morgan fingerprint density at radius 1 is 0.957 bits per heavy atom. The fourth-order valence-electron chi connectivity index (χ4n) is 3.01. The largest absolute Gasteiger partial charge is 0.367 e. The van der Waals surface area contributed by atoms with E-state index < -0.39 is 0 Å². The highest BCUT2D eigenvalue weighted by Gasteiger charge is 2.15. The van der Waals surface area contributed by atoms with E-state index in [1.165, 1.54) is 29.5 Å². The van der Waals surface area contributed by atoms with Gasteiger partial charge in [0.1, 0.15) is 6.10 Å². The lowest BCUT2D eigenvalue weighted by Crippen LogP contribution is -2.37. The quantitative estimate of drug-likeness (QED) is 0.789. The summed E-state index contributed by atoms with van der Waals surface area (Å²) in [4.78, 5) is 0. The lowest BCUT2D eigenvalue weighted by Gasteiger charge is -2.21. The summed E-state index contributed by atoms with van der Waals surface area (Å²) in [5.74, 6) is 0. The van der Waals surface area contributed by atoms with E-state index in [-0.39, 0.29) is 6.10 Å². The van der Waals surface area contributed by atoms with Crippen molar-refractivity contribution < 1.29 is 4.74 Å². The van der Waals surface area contributed by atoms with Gasteiger partial charge in [-0.2, -0.15) is 0 Å². The Balaban J connectivity index is 1.62. The summed E-state index contributed by atoms with van der Waals surface area (Å²) in [5, 5.41) is 2.30.